The molecule has 3 aromatic carbocycles. The molecule has 3 heterocycles. The molecule has 49 heavy (non-hydrogen) atoms. The lowest BCUT2D eigenvalue weighted by molar-refractivity contribution is -0.155. The summed E-state index contributed by atoms with van der Waals surface area (Å²) in [5, 5.41) is 48.6. The lowest BCUT2D eigenvalue weighted by atomic mass is 9.85. The zero-order chi connectivity index (χ0) is 34.5. The minimum atomic E-state index is -2.21. The molecule has 0 aliphatic heterocycles. The van der Waals surface area contributed by atoms with Crippen LogP contribution in [0, 0.1) is 0 Å². The number of fused-ring (bicyclic) bond motifs is 1. The number of hydrogen-bond acceptors (Lipinski definition) is 9. The molecular formula is C37H32N4O7S. The molecule has 3 aromatic heterocycles. The molecule has 11 nitrogen and oxygen atoms in total. The van der Waals surface area contributed by atoms with Crippen molar-refractivity contribution in [3.8, 4) is 16.2 Å². The Hall–Kier alpha value is -5.66. The highest BCUT2D eigenvalue weighted by atomic mass is 32.1. The second kappa shape index (κ2) is 14.2. The molecule has 12 heteroatoms. The molecule has 248 valence electrons. The van der Waals surface area contributed by atoms with Gasteiger partial charge in [-0.3, -0.25) is 14.6 Å². The van der Waals surface area contributed by atoms with E-state index in [4.69, 9.17) is 0 Å². The van der Waals surface area contributed by atoms with Crippen molar-refractivity contribution in [1.82, 2.24) is 20.6 Å². The number of nitrogens with one attached hydrogen (secondary N) is 3. The fourth-order valence-corrected chi connectivity index (χ4v) is 6.50. The maximum absolute atomic E-state index is 12.8. The van der Waals surface area contributed by atoms with Crippen molar-refractivity contribution in [2.45, 2.75) is 24.8 Å². The van der Waals surface area contributed by atoms with Gasteiger partial charge in [0.05, 0.1) is 18.2 Å². The predicted molar refractivity (Wildman–Crippen MR) is 185 cm³/mol. The number of H-pyrrole nitrogens is 1. The van der Waals surface area contributed by atoms with Crippen molar-refractivity contribution in [3.63, 3.8) is 0 Å². The number of aliphatic hydroxyl groups excluding tert-OH is 1. The van der Waals surface area contributed by atoms with Crippen molar-refractivity contribution in [2.75, 3.05) is 6.54 Å². The monoisotopic (exact) mass is 676 g/mol. The second-order valence-corrected chi connectivity index (χ2v) is 12.6. The van der Waals surface area contributed by atoms with Crippen LogP contribution in [0.3, 0.4) is 0 Å². The number of aromatic amines is 1. The molecule has 7 N–H and O–H groups in total. The van der Waals surface area contributed by atoms with Gasteiger partial charge in [0.25, 0.3) is 5.91 Å². The molecule has 0 radical (unpaired) electrons. The predicted octanol–water partition coefficient (Wildman–Crippen LogP) is 4.43. The Labute approximate surface area is 284 Å². The Morgan fingerprint density at radius 1 is 0.898 bits per heavy atom. The maximum atomic E-state index is 12.8. The number of aliphatic hydroxyl groups is 2. The van der Waals surface area contributed by atoms with E-state index in [1.807, 2.05) is 18.2 Å². The molecule has 0 unspecified atom stereocenters. The van der Waals surface area contributed by atoms with Crippen molar-refractivity contribution in [1.29, 1.82) is 0 Å². The van der Waals surface area contributed by atoms with Crippen LogP contribution in [0.5, 0.6) is 5.75 Å². The Bertz CT molecular complexity index is 2180. The van der Waals surface area contributed by atoms with E-state index in [-0.39, 0.29) is 52.6 Å². The van der Waals surface area contributed by atoms with Crippen LogP contribution < -0.4 is 16.2 Å². The second-order valence-electron chi connectivity index (χ2n) is 11.4. The van der Waals surface area contributed by atoms with Crippen LogP contribution in [0.4, 0.5) is 0 Å². The average Bonchev–Trinajstić information content (AvgIpc) is 3.60. The summed E-state index contributed by atoms with van der Waals surface area (Å²) in [5.74, 6) is -1.80. The highest BCUT2D eigenvalue weighted by molar-refractivity contribution is 7.15. The highest BCUT2D eigenvalue weighted by Crippen LogP contribution is 2.35. The Morgan fingerprint density at radius 3 is 2.45 bits per heavy atom. The average molecular weight is 677 g/mol. The molecule has 0 saturated carbocycles. The van der Waals surface area contributed by atoms with Gasteiger partial charge in [-0.2, -0.15) is 0 Å². The first-order valence-corrected chi connectivity index (χ1v) is 16.1. The quantitative estimate of drug-likeness (QED) is 0.0985. The zero-order valence-corrected chi connectivity index (χ0v) is 26.8. The van der Waals surface area contributed by atoms with Crippen LogP contribution >= 0.6 is 11.3 Å². The molecule has 0 saturated heterocycles. The zero-order valence-electron chi connectivity index (χ0n) is 26.0. The third kappa shape index (κ3) is 7.12. The third-order valence-corrected chi connectivity index (χ3v) is 9.28. The number of aromatic hydroxyl groups is 1. The molecule has 0 fully saturated rings. The number of aliphatic carboxylic acids is 1. The Balaban J connectivity index is 1.03. The first-order chi connectivity index (χ1) is 23.6. The summed E-state index contributed by atoms with van der Waals surface area (Å²) >= 11 is 1.44. The van der Waals surface area contributed by atoms with Gasteiger partial charge >= 0.3 is 5.97 Å². The lowest BCUT2D eigenvalue weighted by Gasteiger charge is -2.25. The largest absolute Gasteiger partial charge is 0.506 e. The van der Waals surface area contributed by atoms with E-state index < -0.39 is 17.7 Å². The summed E-state index contributed by atoms with van der Waals surface area (Å²) in [6.07, 6.45) is 0.676. The van der Waals surface area contributed by atoms with E-state index >= 15 is 0 Å². The number of carboxylic acids is 1. The molecule has 0 aliphatic carbocycles. The topological polar surface area (TPSA) is 185 Å². The van der Waals surface area contributed by atoms with Crippen LogP contribution in [0.25, 0.3) is 21.3 Å². The van der Waals surface area contributed by atoms with Crippen LogP contribution in [0.1, 0.15) is 43.7 Å². The molecule has 0 aliphatic rings. The van der Waals surface area contributed by atoms with Gasteiger partial charge in [-0.05, 0) is 58.7 Å². The van der Waals surface area contributed by atoms with E-state index in [9.17, 15) is 34.8 Å². The summed E-state index contributed by atoms with van der Waals surface area (Å²) in [7, 11) is 0. The smallest absolute Gasteiger partial charge is 0.345 e. The van der Waals surface area contributed by atoms with E-state index in [0.29, 0.717) is 17.5 Å². The van der Waals surface area contributed by atoms with Crippen LogP contribution in [0.2, 0.25) is 0 Å². The van der Waals surface area contributed by atoms with Crippen molar-refractivity contribution in [3.05, 3.63) is 153 Å². The maximum Gasteiger partial charge on any atom is 0.345 e. The number of hydrogen-bond donors (Lipinski definition) is 7. The number of pyridine rings is 2. The summed E-state index contributed by atoms with van der Waals surface area (Å²) in [4.78, 5) is 45.3. The number of benzene rings is 3. The van der Waals surface area contributed by atoms with Gasteiger partial charge < -0.3 is 36.0 Å². The first-order valence-electron chi connectivity index (χ1n) is 15.3. The van der Waals surface area contributed by atoms with Crippen molar-refractivity contribution >= 4 is 34.1 Å². The van der Waals surface area contributed by atoms with Crippen molar-refractivity contribution in [2.24, 2.45) is 0 Å². The number of thiophene rings is 1. The number of carbonyl (C=O) groups is 2. The standard InChI is InChI=1S/C37H32N4O7S/c42-30-14-11-27(28-12-16-33(44)41-34(28)30)31(43)21-38-18-22-9-13-29(39-19-22)35(45)40-20-26-10-15-32(49-26)23-5-4-8-25(17-23)37(48,36(46)47)24-6-2-1-3-7-24/h1-17,19,31,38,42-43,48H,18,20-21H2,(H,40,45)(H,41,44)(H,46,47)/t31-,37-/m0/s1. The minimum absolute atomic E-state index is 0.0778. The molecule has 0 bridgehead atoms. The van der Waals surface area contributed by atoms with Gasteiger partial charge in [0.2, 0.25) is 11.2 Å². The number of aromatic nitrogens is 2. The van der Waals surface area contributed by atoms with Gasteiger partial charge in [-0.1, -0.05) is 60.7 Å². The van der Waals surface area contributed by atoms with Crippen LogP contribution in [-0.2, 0) is 23.5 Å². The van der Waals surface area contributed by atoms with Gasteiger partial charge in [-0.15, -0.1) is 11.3 Å². The van der Waals surface area contributed by atoms with Crippen LogP contribution in [-0.4, -0.2) is 48.8 Å². The number of carbonyl (C=O) groups excluding carboxylic acids is 1. The van der Waals surface area contributed by atoms with E-state index in [1.54, 1.807) is 79.0 Å². The first kappa shape index (κ1) is 33.2. The number of amides is 1. The fourth-order valence-electron chi connectivity index (χ4n) is 5.55. The molecule has 6 rings (SSSR count). The van der Waals surface area contributed by atoms with Crippen molar-refractivity contribution < 1.29 is 30.0 Å². The van der Waals surface area contributed by atoms with Gasteiger partial charge in [0, 0.05) is 46.1 Å². The lowest BCUT2D eigenvalue weighted by Crippen LogP contribution is -2.36. The Morgan fingerprint density at radius 2 is 1.69 bits per heavy atom. The van der Waals surface area contributed by atoms with Gasteiger partial charge in [0.15, 0.2) is 0 Å². The van der Waals surface area contributed by atoms with Crippen LogP contribution in [0.15, 0.2) is 114 Å². The molecule has 1 amide bonds. The number of carboxylic acid groups (broad SMARTS) is 1. The SMILES string of the molecule is O=C(NCc1ccc(-c2cccc([C@](O)(C(=O)O)c3ccccc3)c2)s1)c1ccc(CNC[C@H](O)c2ccc(O)c3[nH]c(=O)ccc23)cn1. The molecular weight excluding hydrogens is 644 g/mol. The summed E-state index contributed by atoms with van der Waals surface area (Å²) in [5.41, 5.74) is 0.531. The molecule has 2 atom stereocenters. The minimum Gasteiger partial charge on any atom is -0.506 e. The number of nitrogens with zero attached hydrogens (tertiary/aromatic N) is 1. The van der Waals surface area contributed by atoms with Gasteiger partial charge in [-0.25, -0.2) is 4.79 Å². The molecule has 6 aromatic rings. The third-order valence-electron chi connectivity index (χ3n) is 8.14. The summed E-state index contributed by atoms with van der Waals surface area (Å²) < 4.78 is 0. The fraction of sp³-hybridized carbons (Fsp3) is 0.135. The summed E-state index contributed by atoms with van der Waals surface area (Å²) in [6, 6.07) is 28.1. The normalized spacial score (nSPS) is 13.1. The number of phenols is 1. The van der Waals surface area contributed by atoms with E-state index in [2.05, 4.69) is 20.6 Å². The van der Waals surface area contributed by atoms with Gasteiger partial charge in [0.1, 0.15) is 11.4 Å². The van der Waals surface area contributed by atoms with E-state index in [0.717, 1.165) is 20.9 Å². The Kier molecular flexibility index (Phi) is 9.65. The van der Waals surface area contributed by atoms with E-state index in [1.165, 1.54) is 23.5 Å². The number of rotatable bonds is 12. The molecule has 0 spiro atoms. The highest BCUT2D eigenvalue weighted by Gasteiger charge is 2.40. The summed E-state index contributed by atoms with van der Waals surface area (Å²) in [6.45, 7) is 0.837. The number of phenolic OH excluding ortho intramolecular Hbond substituents is 1.